The van der Waals surface area contributed by atoms with E-state index in [1.165, 1.54) is 4.90 Å². The van der Waals surface area contributed by atoms with Crippen LogP contribution in [0.4, 0.5) is 4.79 Å². The molecule has 0 atom stereocenters. The second-order valence-electron chi connectivity index (χ2n) is 5.78. The van der Waals surface area contributed by atoms with Gasteiger partial charge in [0.15, 0.2) is 0 Å². The van der Waals surface area contributed by atoms with Crippen molar-refractivity contribution < 1.29 is 9.59 Å². The minimum atomic E-state index is -0.265. The fourth-order valence-electron chi connectivity index (χ4n) is 2.84. The summed E-state index contributed by atoms with van der Waals surface area (Å²) in [6.45, 7) is 6.09. The topological polar surface area (TPSA) is 73.7 Å². The summed E-state index contributed by atoms with van der Waals surface area (Å²) in [6, 6.07) is -0.265. The molecule has 1 aromatic rings. The molecule has 1 aromatic heterocycles. The van der Waals surface area contributed by atoms with E-state index >= 15 is 0 Å². The van der Waals surface area contributed by atoms with Gasteiger partial charge in [-0.1, -0.05) is 0 Å². The monoisotopic (exact) mass is 306 g/mol. The molecule has 3 heterocycles. The molecule has 8 nitrogen and oxygen atoms in total. The van der Waals surface area contributed by atoms with E-state index in [0.29, 0.717) is 6.54 Å². The second-order valence-corrected chi connectivity index (χ2v) is 5.78. The van der Waals surface area contributed by atoms with Gasteiger partial charge in [0, 0.05) is 58.7 Å². The molecule has 1 N–H and O–H groups in total. The standard InChI is InChI=1S/C14H22N6O2/c1-17-3-2-15-12(17)11-19-6-4-18(5-7-19)8-9-20-13(21)10-16-14(20)22/h2-3H,4-11H2,1H3,(H,16,22). The first kappa shape index (κ1) is 15.0. The van der Waals surface area contributed by atoms with E-state index in [4.69, 9.17) is 0 Å². The van der Waals surface area contributed by atoms with E-state index in [1.807, 2.05) is 24.0 Å². The zero-order chi connectivity index (χ0) is 15.5. The number of rotatable bonds is 5. The smallest absolute Gasteiger partial charge is 0.324 e. The van der Waals surface area contributed by atoms with Gasteiger partial charge >= 0.3 is 6.03 Å². The maximum absolute atomic E-state index is 11.5. The Hall–Kier alpha value is -1.93. The third-order valence-electron chi connectivity index (χ3n) is 4.33. The normalized spacial score (nSPS) is 20.7. The summed E-state index contributed by atoms with van der Waals surface area (Å²) < 4.78 is 2.05. The summed E-state index contributed by atoms with van der Waals surface area (Å²) in [6.07, 6.45) is 3.79. The minimum absolute atomic E-state index is 0.126. The van der Waals surface area contributed by atoms with Crippen LogP contribution >= 0.6 is 0 Å². The number of imidazole rings is 1. The molecule has 0 aliphatic carbocycles. The lowest BCUT2D eigenvalue weighted by molar-refractivity contribution is -0.125. The highest BCUT2D eigenvalue weighted by Gasteiger charge is 2.28. The van der Waals surface area contributed by atoms with Crippen LogP contribution in [0.25, 0.3) is 0 Å². The summed E-state index contributed by atoms with van der Waals surface area (Å²) in [7, 11) is 2.01. The van der Waals surface area contributed by atoms with Crippen LogP contribution in [0.3, 0.4) is 0 Å². The van der Waals surface area contributed by atoms with E-state index in [2.05, 4.69) is 20.1 Å². The second kappa shape index (κ2) is 6.45. The Bertz CT molecular complexity index is 533. The van der Waals surface area contributed by atoms with E-state index in [-0.39, 0.29) is 18.5 Å². The summed E-state index contributed by atoms with van der Waals surface area (Å²) in [5, 5.41) is 2.55. The van der Waals surface area contributed by atoms with Crippen molar-refractivity contribution in [1.29, 1.82) is 0 Å². The van der Waals surface area contributed by atoms with E-state index in [1.54, 1.807) is 0 Å². The minimum Gasteiger partial charge on any atom is -0.337 e. The van der Waals surface area contributed by atoms with Gasteiger partial charge in [0.25, 0.3) is 0 Å². The number of aryl methyl sites for hydroxylation is 1. The van der Waals surface area contributed by atoms with E-state index in [0.717, 1.165) is 45.1 Å². The number of aromatic nitrogens is 2. The highest BCUT2D eigenvalue weighted by atomic mass is 16.2. The molecule has 8 heteroatoms. The molecule has 120 valence electrons. The SMILES string of the molecule is Cn1ccnc1CN1CCN(CCN2C(=O)CNC2=O)CC1. The molecule has 0 spiro atoms. The van der Waals surface area contributed by atoms with Crippen molar-refractivity contribution in [1.82, 2.24) is 29.6 Å². The number of amides is 3. The van der Waals surface area contributed by atoms with Gasteiger partial charge in [0.2, 0.25) is 5.91 Å². The van der Waals surface area contributed by atoms with Gasteiger partial charge in [0.05, 0.1) is 13.1 Å². The molecule has 2 aliphatic rings. The van der Waals surface area contributed by atoms with Crippen LogP contribution in [0.5, 0.6) is 0 Å². The molecule has 0 saturated carbocycles. The van der Waals surface area contributed by atoms with Gasteiger partial charge in [0.1, 0.15) is 5.82 Å². The van der Waals surface area contributed by atoms with Crippen molar-refractivity contribution >= 4 is 11.9 Å². The first-order valence-corrected chi connectivity index (χ1v) is 7.62. The van der Waals surface area contributed by atoms with Gasteiger partial charge < -0.3 is 9.88 Å². The Morgan fingerprint density at radius 2 is 1.86 bits per heavy atom. The zero-order valence-electron chi connectivity index (χ0n) is 12.9. The number of nitrogens with zero attached hydrogens (tertiary/aromatic N) is 5. The van der Waals surface area contributed by atoms with Crippen LogP contribution in [0.1, 0.15) is 5.82 Å². The largest absolute Gasteiger partial charge is 0.337 e. The number of imide groups is 1. The van der Waals surface area contributed by atoms with Crippen molar-refractivity contribution in [2.45, 2.75) is 6.54 Å². The van der Waals surface area contributed by atoms with Crippen LogP contribution in [-0.2, 0) is 18.4 Å². The molecule has 3 amide bonds. The fraction of sp³-hybridized carbons (Fsp3) is 0.643. The molecule has 3 rings (SSSR count). The summed E-state index contributed by atoms with van der Waals surface area (Å²) in [5.41, 5.74) is 0. The Kier molecular flexibility index (Phi) is 4.39. The first-order chi connectivity index (χ1) is 10.6. The van der Waals surface area contributed by atoms with Crippen LogP contribution in [0, 0.1) is 0 Å². The lowest BCUT2D eigenvalue weighted by Gasteiger charge is -2.34. The van der Waals surface area contributed by atoms with Gasteiger partial charge in [-0.05, 0) is 0 Å². The van der Waals surface area contributed by atoms with Crippen molar-refractivity contribution in [3.05, 3.63) is 18.2 Å². The number of piperazine rings is 1. The Morgan fingerprint density at radius 3 is 2.45 bits per heavy atom. The lowest BCUT2D eigenvalue weighted by atomic mass is 10.3. The first-order valence-electron chi connectivity index (χ1n) is 7.62. The van der Waals surface area contributed by atoms with Crippen LogP contribution in [-0.4, -0.2) is 82.0 Å². The van der Waals surface area contributed by atoms with E-state index < -0.39 is 0 Å². The van der Waals surface area contributed by atoms with Gasteiger partial charge in [-0.25, -0.2) is 9.78 Å². The molecule has 0 radical (unpaired) electrons. The lowest BCUT2D eigenvalue weighted by Crippen LogP contribution is -2.48. The van der Waals surface area contributed by atoms with Gasteiger partial charge in [-0.15, -0.1) is 0 Å². The number of carbonyl (C=O) groups is 2. The zero-order valence-corrected chi connectivity index (χ0v) is 12.9. The quantitative estimate of drug-likeness (QED) is 0.713. The fourth-order valence-corrected chi connectivity index (χ4v) is 2.84. The summed E-state index contributed by atoms with van der Waals surface area (Å²) >= 11 is 0. The Morgan fingerprint density at radius 1 is 1.14 bits per heavy atom. The molecule has 2 fully saturated rings. The molecule has 0 unspecified atom stereocenters. The van der Waals surface area contributed by atoms with Gasteiger partial charge in [-0.3, -0.25) is 19.5 Å². The van der Waals surface area contributed by atoms with Crippen LogP contribution in [0.15, 0.2) is 12.4 Å². The average Bonchev–Trinajstić information content (AvgIpc) is 3.05. The van der Waals surface area contributed by atoms with Crippen molar-refractivity contribution in [2.75, 3.05) is 45.8 Å². The maximum Gasteiger partial charge on any atom is 0.324 e. The number of hydrogen-bond acceptors (Lipinski definition) is 5. The highest BCUT2D eigenvalue weighted by Crippen LogP contribution is 2.07. The van der Waals surface area contributed by atoms with Crippen LogP contribution < -0.4 is 5.32 Å². The number of urea groups is 1. The van der Waals surface area contributed by atoms with Crippen molar-refractivity contribution in [3.8, 4) is 0 Å². The molecule has 22 heavy (non-hydrogen) atoms. The number of nitrogens with one attached hydrogen (secondary N) is 1. The summed E-state index contributed by atoms with van der Waals surface area (Å²) in [5.74, 6) is 0.950. The predicted octanol–water partition coefficient (Wildman–Crippen LogP) is -0.910. The van der Waals surface area contributed by atoms with Gasteiger partial charge in [-0.2, -0.15) is 0 Å². The highest BCUT2D eigenvalue weighted by molar-refractivity contribution is 6.01. The summed E-state index contributed by atoms with van der Waals surface area (Å²) in [4.78, 5) is 33.3. The molecule has 0 aromatic carbocycles. The molecule has 0 bridgehead atoms. The number of hydrogen-bond donors (Lipinski definition) is 1. The average molecular weight is 306 g/mol. The van der Waals surface area contributed by atoms with Crippen molar-refractivity contribution in [3.63, 3.8) is 0 Å². The Balaban J connectivity index is 1.41. The molecule has 2 saturated heterocycles. The molecular weight excluding hydrogens is 284 g/mol. The predicted molar refractivity (Wildman–Crippen MR) is 80.0 cm³/mol. The maximum atomic E-state index is 11.5. The van der Waals surface area contributed by atoms with Crippen molar-refractivity contribution in [2.24, 2.45) is 7.05 Å². The third kappa shape index (κ3) is 3.28. The third-order valence-corrected chi connectivity index (χ3v) is 4.33. The molecule has 2 aliphatic heterocycles. The number of carbonyl (C=O) groups excluding carboxylic acids is 2. The van der Waals surface area contributed by atoms with Crippen LogP contribution in [0.2, 0.25) is 0 Å². The van der Waals surface area contributed by atoms with E-state index in [9.17, 15) is 9.59 Å². The Labute approximate surface area is 129 Å². The molecular formula is C14H22N6O2.